The Hall–Kier alpha value is -2.21. The Morgan fingerprint density at radius 1 is 1.39 bits per heavy atom. The third-order valence-corrected chi connectivity index (χ3v) is 5.14. The summed E-state index contributed by atoms with van der Waals surface area (Å²) in [7, 11) is 0. The van der Waals surface area contributed by atoms with E-state index in [0.29, 0.717) is 17.9 Å². The molecule has 1 unspecified atom stereocenters. The number of amides is 2. The molecule has 1 aliphatic heterocycles. The van der Waals surface area contributed by atoms with Gasteiger partial charge in [-0.2, -0.15) is 0 Å². The van der Waals surface area contributed by atoms with E-state index in [2.05, 4.69) is 28.7 Å². The van der Waals surface area contributed by atoms with Crippen LogP contribution in [0.3, 0.4) is 0 Å². The number of thiophene rings is 1. The van der Waals surface area contributed by atoms with Crippen molar-refractivity contribution in [2.45, 2.75) is 32.7 Å². The lowest BCUT2D eigenvalue weighted by Gasteiger charge is -2.35. The number of ketones is 1. The number of nitrogens with one attached hydrogen (secondary N) is 1. The first-order valence-corrected chi connectivity index (χ1v) is 8.59. The highest BCUT2D eigenvalue weighted by molar-refractivity contribution is 7.10. The number of carbonyl (C=O) groups excluding carboxylic acids is 2. The minimum Gasteiger partial charge on any atom is -0.317 e. The van der Waals surface area contributed by atoms with Crippen molar-refractivity contribution in [3.8, 4) is 0 Å². The summed E-state index contributed by atoms with van der Waals surface area (Å²) in [5.74, 6) is 0.424. The van der Waals surface area contributed by atoms with E-state index in [1.165, 1.54) is 23.6 Å². The van der Waals surface area contributed by atoms with Crippen molar-refractivity contribution < 1.29 is 9.59 Å². The zero-order valence-electron chi connectivity index (χ0n) is 13.2. The van der Waals surface area contributed by atoms with Gasteiger partial charge in [0.25, 0.3) is 0 Å². The monoisotopic (exact) mass is 329 g/mol. The van der Waals surface area contributed by atoms with Crippen LogP contribution in [0.2, 0.25) is 0 Å². The Labute approximate surface area is 139 Å². The largest absolute Gasteiger partial charge is 0.323 e. The number of pyridine rings is 1. The van der Waals surface area contributed by atoms with Gasteiger partial charge >= 0.3 is 6.03 Å². The maximum absolute atomic E-state index is 12.6. The fourth-order valence-corrected chi connectivity index (χ4v) is 3.87. The number of hydrogen-bond acceptors (Lipinski definition) is 4. The van der Waals surface area contributed by atoms with Crippen molar-refractivity contribution in [3.05, 3.63) is 45.8 Å². The molecule has 2 aromatic heterocycles. The summed E-state index contributed by atoms with van der Waals surface area (Å²) in [6, 6.07) is 5.43. The Morgan fingerprint density at radius 2 is 2.22 bits per heavy atom. The van der Waals surface area contributed by atoms with Crippen LogP contribution in [0.5, 0.6) is 0 Å². The molecule has 2 amide bonds. The van der Waals surface area contributed by atoms with Crippen molar-refractivity contribution in [3.63, 3.8) is 0 Å². The molecule has 6 heteroatoms. The molecule has 3 heterocycles. The van der Waals surface area contributed by atoms with E-state index in [-0.39, 0.29) is 17.9 Å². The van der Waals surface area contributed by atoms with Gasteiger partial charge in [-0.3, -0.25) is 10.1 Å². The molecule has 0 bridgehead atoms. The van der Waals surface area contributed by atoms with E-state index in [1.54, 1.807) is 23.5 Å². The molecule has 1 atom stereocenters. The zero-order valence-corrected chi connectivity index (χ0v) is 14.0. The number of carbonyl (C=O) groups is 2. The summed E-state index contributed by atoms with van der Waals surface area (Å²) >= 11 is 1.76. The molecule has 0 fully saturated rings. The molecule has 0 saturated carbocycles. The number of rotatable bonds is 3. The lowest BCUT2D eigenvalue weighted by atomic mass is 9.98. The molecule has 1 aliphatic rings. The minimum absolute atomic E-state index is 0.0394. The number of hydrogen-bond donors (Lipinski definition) is 1. The van der Waals surface area contributed by atoms with Gasteiger partial charge in [0.2, 0.25) is 0 Å². The maximum atomic E-state index is 12.6. The average molecular weight is 329 g/mol. The summed E-state index contributed by atoms with van der Waals surface area (Å²) in [5.41, 5.74) is 1.80. The van der Waals surface area contributed by atoms with E-state index < -0.39 is 0 Å². The summed E-state index contributed by atoms with van der Waals surface area (Å²) in [6.07, 6.45) is 3.27. The average Bonchev–Trinajstić information content (AvgIpc) is 3.02. The van der Waals surface area contributed by atoms with Crippen LogP contribution in [0.25, 0.3) is 0 Å². The smallest absolute Gasteiger partial charge is 0.317 e. The molecular weight excluding hydrogens is 310 g/mol. The molecule has 0 spiro atoms. The molecule has 3 rings (SSSR count). The first-order chi connectivity index (χ1) is 11.1. The number of urea groups is 1. The fraction of sp³-hybridized carbons (Fsp3) is 0.353. The van der Waals surface area contributed by atoms with E-state index in [9.17, 15) is 9.59 Å². The Morgan fingerprint density at radius 3 is 2.87 bits per heavy atom. The van der Waals surface area contributed by atoms with Crippen LogP contribution < -0.4 is 5.32 Å². The zero-order chi connectivity index (χ0) is 16.4. The van der Waals surface area contributed by atoms with Crippen molar-refractivity contribution in [1.29, 1.82) is 0 Å². The van der Waals surface area contributed by atoms with Crippen LogP contribution >= 0.6 is 11.3 Å². The van der Waals surface area contributed by atoms with Crippen molar-refractivity contribution in [2.24, 2.45) is 0 Å². The molecule has 2 aromatic rings. The number of anilines is 1. The maximum Gasteiger partial charge on any atom is 0.323 e. The summed E-state index contributed by atoms with van der Waals surface area (Å²) in [5, 5.41) is 4.93. The molecule has 1 N–H and O–H groups in total. The van der Waals surface area contributed by atoms with E-state index >= 15 is 0 Å². The number of Topliss-reactive ketones (excluding diaryl/α,β-unsaturated/α-hetero) is 1. The second-order valence-electron chi connectivity index (χ2n) is 5.59. The van der Waals surface area contributed by atoms with Crippen molar-refractivity contribution in [1.82, 2.24) is 9.88 Å². The Balaban J connectivity index is 1.74. The molecule has 0 radical (unpaired) electrons. The van der Waals surface area contributed by atoms with Crippen LogP contribution in [0.1, 0.15) is 47.1 Å². The Bertz CT molecular complexity index is 724. The van der Waals surface area contributed by atoms with Crippen LogP contribution in [-0.4, -0.2) is 28.2 Å². The lowest BCUT2D eigenvalue weighted by Crippen LogP contribution is -2.42. The van der Waals surface area contributed by atoms with Crippen LogP contribution in [0.15, 0.2) is 29.8 Å². The SMILES string of the molecule is CCC1c2ccsc2CCN1C(=O)Nc1ccc(C(C)=O)cn1. The first-order valence-electron chi connectivity index (χ1n) is 7.71. The predicted octanol–water partition coefficient (Wildman–Crippen LogP) is 3.89. The second-order valence-corrected chi connectivity index (χ2v) is 6.59. The highest BCUT2D eigenvalue weighted by Gasteiger charge is 2.30. The number of nitrogens with zero attached hydrogens (tertiary/aromatic N) is 2. The lowest BCUT2D eigenvalue weighted by molar-refractivity contribution is 0.101. The van der Waals surface area contributed by atoms with Crippen LogP contribution in [-0.2, 0) is 6.42 Å². The van der Waals surface area contributed by atoms with Gasteiger partial charge in [0, 0.05) is 23.2 Å². The molecule has 0 saturated heterocycles. The van der Waals surface area contributed by atoms with Crippen LogP contribution in [0, 0.1) is 0 Å². The van der Waals surface area contributed by atoms with E-state index in [0.717, 1.165) is 12.8 Å². The van der Waals surface area contributed by atoms with Gasteiger partial charge in [-0.15, -0.1) is 11.3 Å². The molecular formula is C17H19N3O2S. The van der Waals surface area contributed by atoms with Crippen molar-refractivity contribution >= 4 is 29.0 Å². The predicted molar refractivity (Wildman–Crippen MR) is 91.0 cm³/mol. The molecule has 0 aliphatic carbocycles. The number of fused-ring (bicyclic) bond motifs is 1. The summed E-state index contributed by atoms with van der Waals surface area (Å²) < 4.78 is 0. The van der Waals surface area contributed by atoms with Crippen molar-refractivity contribution in [2.75, 3.05) is 11.9 Å². The van der Waals surface area contributed by atoms with Gasteiger partial charge in [0.15, 0.2) is 5.78 Å². The molecule has 23 heavy (non-hydrogen) atoms. The van der Waals surface area contributed by atoms with Gasteiger partial charge in [-0.25, -0.2) is 9.78 Å². The normalized spacial score (nSPS) is 16.8. The second kappa shape index (κ2) is 6.50. The highest BCUT2D eigenvalue weighted by atomic mass is 32.1. The van der Waals surface area contributed by atoms with Crippen LogP contribution in [0.4, 0.5) is 10.6 Å². The third-order valence-electron chi connectivity index (χ3n) is 4.15. The van der Waals surface area contributed by atoms with Gasteiger partial charge in [0.1, 0.15) is 5.82 Å². The van der Waals surface area contributed by atoms with Gasteiger partial charge in [0.05, 0.1) is 6.04 Å². The van der Waals surface area contributed by atoms with Gasteiger partial charge < -0.3 is 4.90 Å². The number of aromatic nitrogens is 1. The third kappa shape index (κ3) is 3.12. The summed E-state index contributed by atoms with van der Waals surface area (Å²) in [6.45, 7) is 4.30. The fourth-order valence-electron chi connectivity index (χ4n) is 2.94. The standard InChI is InChI=1S/C17H19N3O2S/c1-3-14-13-7-9-23-15(13)6-8-20(14)17(22)19-16-5-4-12(10-18-16)11(2)21/h4-5,7,9-10,14H,3,6,8H2,1-2H3,(H,18,19,22). The molecule has 0 aromatic carbocycles. The molecule has 120 valence electrons. The summed E-state index contributed by atoms with van der Waals surface area (Å²) in [4.78, 5) is 31.3. The van der Waals surface area contributed by atoms with E-state index in [4.69, 9.17) is 0 Å². The highest BCUT2D eigenvalue weighted by Crippen LogP contribution is 2.35. The first kappa shape index (κ1) is 15.7. The van der Waals surface area contributed by atoms with Gasteiger partial charge in [-0.05, 0) is 48.9 Å². The quantitative estimate of drug-likeness (QED) is 0.869. The Kier molecular flexibility index (Phi) is 4.43. The van der Waals surface area contributed by atoms with E-state index in [1.807, 2.05) is 4.90 Å². The topological polar surface area (TPSA) is 62.3 Å². The minimum atomic E-state index is -0.142. The van der Waals surface area contributed by atoms with Gasteiger partial charge in [-0.1, -0.05) is 6.92 Å². The molecule has 5 nitrogen and oxygen atoms in total.